The number of thioether (sulfide) groups is 1. The Labute approximate surface area is 109 Å². The SMILES string of the molecule is CCCCSC1CC(C)c2ccccc2C1N. The Balaban J connectivity index is 2.09. The van der Waals surface area contributed by atoms with Crippen LogP contribution in [-0.2, 0) is 0 Å². The van der Waals surface area contributed by atoms with Crippen molar-refractivity contribution in [3.8, 4) is 0 Å². The molecule has 3 unspecified atom stereocenters. The van der Waals surface area contributed by atoms with Crippen molar-refractivity contribution in [2.45, 2.75) is 50.3 Å². The van der Waals surface area contributed by atoms with E-state index in [-0.39, 0.29) is 6.04 Å². The first-order valence-corrected chi connectivity index (χ1v) is 7.75. The van der Waals surface area contributed by atoms with Crippen LogP contribution in [-0.4, -0.2) is 11.0 Å². The number of hydrogen-bond acceptors (Lipinski definition) is 2. The Kier molecular flexibility index (Phi) is 4.52. The maximum Gasteiger partial charge on any atom is 0.0418 e. The van der Waals surface area contributed by atoms with E-state index in [0.717, 1.165) is 0 Å². The molecule has 3 atom stereocenters. The first-order valence-electron chi connectivity index (χ1n) is 6.70. The summed E-state index contributed by atoms with van der Waals surface area (Å²) in [4.78, 5) is 0. The highest BCUT2D eigenvalue weighted by atomic mass is 32.2. The van der Waals surface area contributed by atoms with Gasteiger partial charge in [0.1, 0.15) is 0 Å². The van der Waals surface area contributed by atoms with Crippen molar-refractivity contribution in [3.05, 3.63) is 35.4 Å². The standard InChI is InChI=1S/C15H23NS/c1-3-4-9-17-14-10-11(2)12-7-5-6-8-13(12)15(14)16/h5-8,11,14-15H,3-4,9-10,16H2,1-2H3. The molecule has 1 aliphatic rings. The van der Waals surface area contributed by atoms with E-state index >= 15 is 0 Å². The summed E-state index contributed by atoms with van der Waals surface area (Å²) in [5.74, 6) is 1.91. The van der Waals surface area contributed by atoms with E-state index in [4.69, 9.17) is 5.73 Å². The zero-order valence-corrected chi connectivity index (χ0v) is 11.7. The number of fused-ring (bicyclic) bond motifs is 1. The summed E-state index contributed by atoms with van der Waals surface area (Å²) in [6.07, 6.45) is 3.82. The summed E-state index contributed by atoms with van der Waals surface area (Å²) < 4.78 is 0. The number of rotatable bonds is 4. The lowest BCUT2D eigenvalue weighted by Crippen LogP contribution is -2.31. The lowest BCUT2D eigenvalue weighted by molar-refractivity contribution is 0.527. The van der Waals surface area contributed by atoms with E-state index in [1.54, 1.807) is 0 Å². The first-order chi connectivity index (χ1) is 8.24. The Hall–Kier alpha value is -0.470. The number of nitrogens with two attached hydrogens (primary N) is 1. The van der Waals surface area contributed by atoms with Gasteiger partial charge >= 0.3 is 0 Å². The average molecular weight is 249 g/mol. The molecule has 0 heterocycles. The molecule has 0 radical (unpaired) electrons. The quantitative estimate of drug-likeness (QED) is 0.813. The minimum Gasteiger partial charge on any atom is -0.323 e. The molecule has 2 N–H and O–H groups in total. The summed E-state index contributed by atoms with van der Waals surface area (Å²) in [5, 5.41) is 0.603. The third-order valence-corrected chi connectivity index (χ3v) is 5.14. The maximum atomic E-state index is 6.41. The van der Waals surface area contributed by atoms with Crippen LogP contribution in [0.5, 0.6) is 0 Å². The molecule has 0 fully saturated rings. The van der Waals surface area contributed by atoms with E-state index in [2.05, 4.69) is 49.9 Å². The van der Waals surface area contributed by atoms with Crippen LogP contribution in [0.25, 0.3) is 0 Å². The van der Waals surface area contributed by atoms with E-state index < -0.39 is 0 Å². The van der Waals surface area contributed by atoms with Gasteiger partial charge in [-0.3, -0.25) is 0 Å². The van der Waals surface area contributed by atoms with Crippen LogP contribution in [0.4, 0.5) is 0 Å². The Morgan fingerprint density at radius 1 is 1.29 bits per heavy atom. The summed E-state index contributed by atoms with van der Waals surface area (Å²) in [6, 6.07) is 8.93. The second kappa shape index (κ2) is 5.92. The average Bonchev–Trinajstić information content (AvgIpc) is 2.36. The maximum absolute atomic E-state index is 6.41. The normalized spacial score (nSPS) is 27.8. The van der Waals surface area contributed by atoms with Gasteiger partial charge in [-0.15, -0.1) is 0 Å². The van der Waals surface area contributed by atoms with Crippen LogP contribution in [0, 0.1) is 0 Å². The predicted molar refractivity (Wildman–Crippen MR) is 77.6 cm³/mol. The molecule has 0 amide bonds. The molecule has 17 heavy (non-hydrogen) atoms. The molecule has 0 aliphatic heterocycles. The highest BCUT2D eigenvalue weighted by molar-refractivity contribution is 7.99. The topological polar surface area (TPSA) is 26.0 Å². The summed E-state index contributed by atoms with van der Waals surface area (Å²) in [5.41, 5.74) is 9.25. The predicted octanol–water partition coefficient (Wildman–Crippen LogP) is 4.10. The molecular formula is C15H23NS. The van der Waals surface area contributed by atoms with Crippen molar-refractivity contribution in [1.82, 2.24) is 0 Å². The van der Waals surface area contributed by atoms with Crippen molar-refractivity contribution in [2.24, 2.45) is 5.73 Å². The minimum atomic E-state index is 0.226. The molecule has 0 bridgehead atoms. The zero-order valence-electron chi connectivity index (χ0n) is 10.9. The molecule has 2 heteroatoms. The van der Waals surface area contributed by atoms with Gasteiger partial charge in [0, 0.05) is 11.3 Å². The number of benzene rings is 1. The van der Waals surface area contributed by atoms with Crippen molar-refractivity contribution in [1.29, 1.82) is 0 Å². The Morgan fingerprint density at radius 3 is 2.71 bits per heavy atom. The van der Waals surface area contributed by atoms with E-state index in [0.29, 0.717) is 11.2 Å². The van der Waals surface area contributed by atoms with E-state index in [9.17, 15) is 0 Å². The van der Waals surface area contributed by atoms with E-state index in [1.807, 2.05) is 0 Å². The second-order valence-electron chi connectivity index (χ2n) is 5.05. The van der Waals surface area contributed by atoms with Crippen LogP contribution in [0.15, 0.2) is 24.3 Å². The van der Waals surface area contributed by atoms with Crippen molar-refractivity contribution in [2.75, 3.05) is 5.75 Å². The molecule has 0 saturated carbocycles. The molecule has 1 aliphatic carbocycles. The van der Waals surface area contributed by atoms with Gasteiger partial charge in [-0.05, 0) is 35.6 Å². The fraction of sp³-hybridized carbons (Fsp3) is 0.600. The molecule has 1 aromatic carbocycles. The number of hydrogen-bond donors (Lipinski definition) is 1. The molecule has 94 valence electrons. The van der Waals surface area contributed by atoms with Crippen LogP contribution in [0.1, 0.15) is 56.2 Å². The van der Waals surface area contributed by atoms with Gasteiger partial charge in [-0.2, -0.15) is 11.8 Å². The van der Waals surface area contributed by atoms with Crippen molar-refractivity contribution in [3.63, 3.8) is 0 Å². The van der Waals surface area contributed by atoms with Gasteiger partial charge in [0.05, 0.1) is 0 Å². The molecule has 0 aromatic heterocycles. The largest absolute Gasteiger partial charge is 0.323 e. The van der Waals surface area contributed by atoms with Gasteiger partial charge in [-0.25, -0.2) is 0 Å². The van der Waals surface area contributed by atoms with Crippen LogP contribution in [0.2, 0.25) is 0 Å². The Morgan fingerprint density at radius 2 is 2.00 bits per heavy atom. The number of unbranched alkanes of at least 4 members (excludes halogenated alkanes) is 1. The molecule has 1 nitrogen and oxygen atoms in total. The zero-order chi connectivity index (χ0) is 12.3. The van der Waals surface area contributed by atoms with Gasteiger partial charge in [-0.1, -0.05) is 44.5 Å². The molecule has 2 rings (SSSR count). The van der Waals surface area contributed by atoms with Gasteiger partial charge in [0.25, 0.3) is 0 Å². The van der Waals surface area contributed by atoms with Crippen LogP contribution >= 0.6 is 11.8 Å². The van der Waals surface area contributed by atoms with E-state index in [1.165, 1.54) is 36.1 Å². The highest BCUT2D eigenvalue weighted by Gasteiger charge is 2.30. The summed E-state index contributed by atoms with van der Waals surface area (Å²) in [7, 11) is 0. The monoisotopic (exact) mass is 249 g/mol. The third-order valence-electron chi connectivity index (χ3n) is 3.70. The minimum absolute atomic E-state index is 0.226. The molecule has 1 aromatic rings. The van der Waals surface area contributed by atoms with Gasteiger partial charge in [0.2, 0.25) is 0 Å². The smallest absolute Gasteiger partial charge is 0.0418 e. The summed E-state index contributed by atoms with van der Waals surface area (Å²) in [6.45, 7) is 4.58. The fourth-order valence-corrected chi connectivity index (χ4v) is 4.17. The molecule has 0 saturated heterocycles. The summed E-state index contributed by atoms with van der Waals surface area (Å²) >= 11 is 2.07. The van der Waals surface area contributed by atoms with Crippen LogP contribution in [0.3, 0.4) is 0 Å². The Bertz CT molecular complexity index is 364. The molecule has 0 spiro atoms. The highest BCUT2D eigenvalue weighted by Crippen LogP contribution is 2.41. The van der Waals surface area contributed by atoms with Crippen molar-refractivity contribution < 1.29 is 0 Å². The third kappa shape index (κ3) is 2.86. The first kappa shape index (κ1) is 13.0. The fourth-order valence-electron chi connectivity index (χ4n) is 2.64. The second-order valence-corrected chi connectivity index (χ2v) is 6.40. The van der Waals surface area contributed by atoms with Gasteiger partial charge < -0.3 is 5.73 Å². The van der Waals surface area contributed by atoms with Gasteiger partial charge in [0.15, 0.2) is 0 Å². The van der Waals surface area contributed by atoms with Crippen molar-refractivity contribution >= 4 is 11.8 Å². The lowest BCUT2D eigenvalue weighted by atomic mass is 9.81. The van der Waals surface area contributed by atoms with Crippen LogP contribution < -0.4 is 5.73 Å². The lowest BCUT2D eigenvalue weighted by Gasteiger charge is -2.34. The molecular weight excluding hydrogens is 226 g/mol.